The molecule has 0 radical (unpaired) electrons. The molecule has 0 spiro atoms. The molecule has 1 aromatic carbocycles. The van der Waals surface area contributed by atoms with Gasteiger partial charge in [-0.1, -0.05) is 0 Å². The van der Waals surface area contributed by atoms with Gasteiger partial charge in [-0.15, -0.1) is 0 Å². The maximum Gasteiger partial charge on any atom is 0.161 e. The van der Waals surface area contributed by atoms with Crippen molar-refractivity contribution >= 4 is 11.0 Å². The molecule has 0 aliphatic heterocycles. The number of nitrogens with one attached hydrogen (secondary N) is 1. The summed E-state index contributed by atoms with van der Waals surface area (Å²) in [4.78, 5) is 6.97. The highest BCUT2D eigenvalue weighted by atomic mass is 19.2. The van der Waals surface area contributed by atoms with E-state index in [9.17, 15) is 8.78 Å². The van der Waals surface area contributed by atoms with Gasteiger partial charge in [-0.2, -0.15) is 0 Å². The van der Waals surface area contributed by atoms with Crippen molar-refractivity contribution in [1.29, 1.82) is 0 Å². The van der Waals surface area contributed by atoms with Gasteiger partial charge in [0.05, 0.1) is 11.0 Å². The molecule has 5 heteroatoms. The van der Waals surface area contributed by atoms with Crippen molar-refractivity contribution in [2.24, 2.45) is 0 Å². The van der Waals surface area contributed by atoms with Crippen molar-refractivity contribution in [2.75, 3.05) is 7.11 Å². The van der Waals surface area contributed by atoms with E-state index < -0.39 is 11.6 Å². The van der Waals surface area contributed by atoms with Crippen molar-refractivity contribution in [3.05, 3.63) is 29.6 Å². The SMILES string of the molecule is COC(C)c1nc2cc(F)c(F)cc2[nH]1. The second-order valence-electron chi connectivity index (χ2n) is 3.28. The first-order chi connectivity index (χ1) is 7.11. The van der Waals surface area contributed by atoms with Gasteiger partial charge in [-0.3, -0.25) is 0 Å². The Kier molecular flexibility index (Phi) is 2.40. The quantitative estimate of drug-likeness (QED) is 0.830. The van der Waals surface area contributed by atoms with E-state index in [2.05, 4.69) is 9.97 Å². The molecule has 1 unspecified atom stereocenters. The highest BCUT2D eigenvalue weighted by Crippen LogP contribution is 2.20. The van der Waals surface area contributed by atoms with Crippen molar-refractivity contribution < 1.29 is 13.5 Å². The van der Waals surface area contributed by atoms with Crippen molar-refractivity contribution in [3.8, 4) is 0 Å². The molecule has 0 saturated heterocycles. The van der Waals surface area contributed by atoms with E-state index in [4.69, 9.17) is 4.74 Å². The Morgan fingerprint density at radius 1 is 1.33 bits per heavy atom. The minimum atomic E-state index is -0.898. The summed E-state index contributed by atoms with van der Waals surface area (Å²) in [5.41, 5.74) is 0.862. The van der Waals surface area contributed by atoms with Crippen LogP contribution in [0.4, 0.5) is 8.78 Å². The monoisotopic (exact) mass is 212 g/mol. The van der Waals surface area contributed by atoms with Crippen molar-refractivity contribution in [2.45, 2.75) is 13.0 Å². The zero-order chi connectivity index (χ0) is 11.0. The summed E-state index contributed by atoms with van der Waals surface area (Å²) in [5.74, 6) is -1.23. The molecular formula is C10H10F2N2O. The average Bonchev–Trinajstić information content (AvgIpc) is 2.60. The molecule has 0 aliphatic rings. The lowest BCUT2D eigenvalue weighted by Crippen LogP contribution is -1.97. The smallest absolute Gasteiger partial charge is 0.161 e. The number of aromatic amines is 1. The zero-order valence-corrected chi connectivity index (χ0v) is 8.34. The van der Waals surface area contributed by atoms with E-state index in [1.54, 1.807) is 14.0 Å². The summed E-state index contributed by atoms with van der Waals surface area (Å²) in [7, 11) is 1.54. The van der Waals surface area contributed by atoms with Crippen LogP contribution in [0.2, 0.25) is 0 Å². The Balaban J connectivity index is 2.56. The summed E-state index contributed by atoms with van der Waals surface area (Å²) in [5, 5.41) is 0. The molecule has 3 nitrogen and oxygen atoms in total. The van der Waals surface area contributed by atoms with Gasteiger partial charge in [0.25, 0.3) is 0 Å². The lowest BCUT2D eigenvalue weighted by Gasteiger charge is -2.03. The van der Waals surface area contributed by atoms with Crippen LogP contribution < -0.4 is 0 Å². The molecular weight excluding hydrogens is 202 g/mol. The van der Waals surface area contributed by atoms with Gasteiger partial charge in [-0.05, 0) is 6.92 Å². The minimum absolute atomic E-state index is 0.233. The second-order valence-corrected chi connectivity index (χ2v) is 3.28. The minimum Gasteiger partial charge on any atom is -0.374 e. The van der Waals surface area contributed by atoms with Crippen LogP contribution in [-0.2, 0) is 4.74 Å². The summed E-state index contributed by atoms with van der Waals surface area (Å²) in [6.45, 7) is 1.80. The maximum absolute atomic E-state index is 12.9. The Bertz CT molecular complexity index is 456. The fraction of sp³-hybridized carbons (Fsp3) is 0.300. The lowest BCUT2D eigenvalue weighted by atomic mass is 10.3. The molecule has 0 saturated carbocycles. The van der Waals surface area contributed by atoms with Crippen LogP contribution in [0.3, 0.4) is 0 Å². The fourth-order valence-electron chi connectivity index (χ4n) is 1.33. The van der Waals surface area contributed by atoms with Crippen LogP contribution in [0.5, 0.6) is 0 Å². The first-order valence-corrected chi connectivity index (χ1v) is 4.49. The van der Waals surface area contributed by atoms with Crippen molar-refractivity contribution in [1.82, 2.24) is 9.97 Å². The molecule has 15 heavy (non-hydrogen) atoms. The Labute approximate surface area is 85.1 Å². The molecule has 2 rings (SSSR count). The Hall–Kier alpha value is -1.49. The van der Waals surface area contributed by atoms with Crippen LogP contribution >= 0.6 is 0 Å². The number of hydrogen-bond donors (Lipinski definition) is 1. The molecule has 2 aromatic rings. The third-order valence-corrected chi connectivity index (χ3v) is 2.28. The fourth-order valence-corrected chi connectivity index (χ4v) is 1.33. The lowest BCUT2D eigenvalue weighted by molar-refractivity contribution is 0.113. The zero-order valence-electron chi connectivity index (χ0n) is 8.34. The highest BCUT2D eigenvalue weighted by Gasteiger charge is 2.12. The van der Waals surface area contributed by atoms with E-state index in [1.165, 1.54) is 0 Å². The second kappa shape index (κ2) is 3.58. The summed E-state index contributed by atoms with van der Waals surface area (Å²) >= 11 is 0. The standard InChI is InChI=1S/C10H10F2N2O/c1-5(15-2)10-13-8-3-6(11)7(12)4-9(8)14-10/h3-5H,1-2H3,(H,13,14). The van der Waals surface area contributed by atoms with Crippen molar-refractivity contribution in [3.63, 3.8) is 0 Å². The van der Waals surface area contributed by atoms with Gasteiger partial charge in [0, 0.05) is 19.2 Å². The molecule has 0 aliphatic carbocycles. The number of fused-ring (bicyclic) bond motifs is 1. The molecule has 0 fully saturated rings. The molecule has 0 amide bonds. The Morgan fingerprint density at radius 2 is 2.00 bits per heavy atom. The average molecular weight is 212 g/mol. The van der Waals surface area contributed by atoms with E-state index in [-0.39, 0.29) is 6.10 Å². The van der Waals surface area contributed by atoms with Gasteiger partial charge >= 0.3 is 0 Å². The molecule has 1 aromatic heterocycles. The first kappa shape index (κ1) is 10.0. The highest BCUT2D eigenvalue weighted by molar-refractivity contribution is 5.75. The predicted octanol–water partition coefficient (Wildman–Crippen LogP) is 2.55. The van der Waals surface area contributed by atoms with Crippen LogP contribution in [0, 0.1) is 11.6 Å². The number of halogens is 2. The van der Waals surface area contributed by atoms with Gasteiger partial charge in [0.15, 0.2) is 11.6 Å². The number of rotatable bonds is 2. The molecule has 1 N–H and O–H groups in total. The number of methoxy groups -OCH3 is 1. The first-order valence-electron chi connectivity index (χ1n) is 4.49. The molecule has 1 heterocycles. The summed E-state index contributed by atoms with van der Waals surface area (Å²) in [6, 6.07) is 2.15. The molecule has 80 valence electrons. The normalized spacial score (nSPS) is 13.3. The molecule has 0 bridgehead atoms. The number of benzene rings is 1. The van der Waals surface area contributed by atoms with Crippen LogP contribution in [0.1, 0.15) is 18.9 Å². The predicted molar refractivity (Wildman–Crippen MR) is 51.4 cm³/mol. The van der Waals surface area contributed by atoms with E-state index >= 15 is 0 Å². The van der Waals surface area contributed by atoms with Gasteiger partial charge in [-0.25, -0.2) is 13.8 Å². The maximum atomic E-state index is 12.9. The van der Waals surface area contributed by atoms with Gasteiger partial charge in [0.1, 0.15) is 11.9 Å². The number of hydrogen-bond acceptors (Lipinski definition) is 2. The van der Waals surface area contributed by atoms with Crippen LogP contribution in [-0.4, -0.2) is 17.1 Å². The summed E-state index contributed by atoms with van der Waals surface area (Å²) in [6.07, 6.45) is -0.233. The largest absolute Gasteiger partial charge is 0.374 e. The van der Waals surface area contributed by atoms with E-state index in [1.807, 2.05) is 0 Å². The Morgan fingerprint density at radius 3 is 2.67 bits per heavy atom. The third-order valence-electron chi connectivity index (χ3n) is 2.28. The number of ether oxygens (including phenoxy) is 1. The van der Waals surface area contributed by atoms with E-state index in [0.717, 1.165) is 12.1 Å². The number of aromatic nitrogens is 2. The number of imidazole rings is 1. The third kappa shape index (κ3) is 1.70. The number of H-pyrrole nitrogens is 1. The number of nitrogens with zero attached hydrogens (tertiary/aromatic N) is 1. The summed E-state index contributed by atoms with van der Waals surface area (Å²) < 4.78 is 30.8. The van der Waals surface area contributed by atoms with Gasteiger partial charge < -0.3 is 9.72 Å². The van der Waals surface area contributed by atoms with E-state index in [0.29, 0.717) is 16.9 Å². The van der Waals surface area contributed by atoms with Crippen LogP contribution in [0.15, 0.2) is 12.1 Å². The van der Waals surface area contributed by atoms with Crippen LogP contribution in [0.25, 0.3) is 11.0 Å². The molecule has 1 atom stereocenters. The van der Waals surface area contributed by atoms with Gasteiger partial charge in [0.2, 0.25) is 0 Å². The topological polar surface area (TPSA) is 37.9 Å².